The third-order valence-electron chi connectivity index (χ3n) is 5.11. The molecule has 1 aromatic carbocycles. The van der Waals surface area contributed by atoms with E-state index in [1.807, 2.05) is 47.0 Å². The van der Waals surface area contributed by atoms with Crippen LogP contribution < -0.4 is 5.32 Å². The fraction of sp³-hybridized carbons (Fsp3) is 0.273. The van der Waals surface area contributed by atoms with E-state index < -0.39 is 0 Å². The number of halogens is 1. The first-order chi connectivity index (χ1) is 14.1. The molecule has 3 heterocycles. The minimum atomic E-state index is -0.205. The molecule has 7 heteroatoms. The fourth-order valence-corrected chi connectivity index (χ4v) is 3.73. The summed E-state index contributed by atoms with van der Waals surface area (Å²) in [5.41, 5.74) is 3.41. The van der Waals surface area contributed by atoms with E-state index in [1.165, 1.54) is 11.6 Å². The van der Waals surface area contributed by atoms with Gasteiger partial charge in [0.2, 0.25) is 5.91 Å². The Morgan fingerprint density at radius 3 is 2.83 bits per heavy atom. The number of carbonyl (C=O) groups is 1. The van der Waals surface area contributed by atoms with Crippen LogP contribution in [0.5, 0.6) is 0 Å². The van der Waals surface area contributed by atoms with Gasteiger partial charge in [-0.3, -0.25) is 14.1 Å². The van der Waals surface area contributed by atoms with Gasteiger partial charge in [-0.1, -0.05) is 29.8 Å². The molecule has 0 radical (unpaired) electrons. The van der Waals surface area contributed by atoms with Crippen LogP contribution in [0.2, 0.25) is 5.15 Å². The quantitative estimate of drug-likeness (QED) is 0.656. The smallest absolute Gasteiger partial charge is 0.248 e. The van der Waals surface area contributed by atoms with Gasteiger partial charge < -0.3 is 10.2 Å². The number of aromatic nitrogens is 2. The van der Waals surface area contributed by atoms with E-state index >= 15 is 0 Å². The van der Waals surface area contributed by atoms with Crippen molar-refractivity contribution < 1.29 is 4.79 Å². The number of benzene rings is 1. The predicted octanol–water partition coefficient (Wildman–Crippen LogP) is 3.39. The second-order valence-corrected chi connectivity index (χ2v) is 7.68. The van der Waals surface area contributed by atoms with Crippen molar-refractivity contribution in [2.75, 3.05) is 38.5 Å². The molecule has 1 N–H and O–H groups in total. The molecular formula is C22H24ClN5O. The third kappa shape index (κ3) is 4.85. The third-order valence-corrected chi connectivity index (χ3v) is 5.39. The van der Waals surface area contributed by atoms with Crippen molar-refractivity contribution in [1.29, 1.82) is 0 Å². The number of nitrogens with zero attached hydrogens (tertiary/aromatic N) is 4. The number of pyridine rings is 1. The van der Waals surface area contributed by atoms with E-state index in [9.17, 15) is 4.79 Å². The first kappa shape index (κ1) is 19.6. The standard InChI is InChI=1S/C22H24ClN5O/c1-26-11-13-27(14-12-26)16-17-5-4-6-18(15-17)24-21(29)9-8-19-22(23)25-20-7-2-3-10-28(19)20/h2-10,15H,11-14,16H2,1H3,(H,24,29)/b9-8+. The molecule has 150 valence electrons. The van der Waals surface area contributed by atoms with Gasteiger partial charge in [0.1, 0.15) is 5.65 Å². The summed E-state index contributed by atoms with van der Waals surface area (Å²) in [7, 11) is 2.15. The average molecular weight is 410 g/mol. The molecule has 2 aromatic heterocycles. The lowest BCUT2D eigenvalue weighted by Crippen LogP contribution is -2.43. The second kappa shape index (κ2) is 8.78. The number of likely N-dealkylation sites (N-methyl/N-ethyl adjacent to an activating group) is 1. The molecule has 0 aliphatic carbocycles. The van der Waals surface area contributed by atoms with Crippen LogP contribution in [-0.2, 0) is 11.3 Å². The Hall–Kier alpha value is -2.67. The van der Waals surface area contributed by atoms with Gasteiger partial charge in [0, 0.05) is 50.7 Å². The first-order valence-electron chi connectivity index (χ1n) is 9.70. The Bertz CT molecular complexity index is 1040. The summed E-state index contributed by atoms with van der Waals surface area (Å²) in [4.78, 5) is 21.5. The van der Waals surface area contributed by atoms with Gasteiger partial charge in [-0.2, -0.15) is 0 Å². The largest absolute Gasteiger partial charge is 0.323 e. The number of nitrogens with one attached hydrogen (secondary N) is 1. The normalized spacial score (nSPS) is 15.9. The Labute approximate surface area is 175 Å². The lowest BCUT2D eigenvalue weighted by molar-refractivity contribution is -0.111. The number of fused-ring (bicyclic) bond motifs is 1. The molecule has 6 nitrogen and oxygen atoms in total. The average Bonchev–Trinajstić information content (AvgIpc) is 3.03. The zero-order chi connectivity index (χ0) is 20.2. The highest BCUT2D eigenvalue weighted by Gasteiger charge is 2.14. The SMILES string of the molecule is CN1CCN(Cc2cccc(NC(=O)/C=C/c3c(Cl)nc4ccccn34)c2)CC1. The van der Waals surface area contributed by atoms with E-state index in [4.69, 9.17) is 11.6 Å². The number of amides is 1. The van der Waals surface area contributed by atoms with Crippen LogP contribution >= 0.6 is 11.6 Å². The molecule has 0 spiro atoms. The van der Waals surface area contributed by atoms with Crippen LogP contribution in [0.15, 0.2) is 54.7 Å². The summed E-state index contributed by atoms with van der Waals surface area (Å²) in [6, 6.07) is 13.7. The van der Waals surface area contributed by atoms with E-state index in [1.54, 1.807) is 6.08 Å². The number of hydrogen-bond donors (Lipinski definition) is 1. The number of hydrogen-bond acceptors (Lipinski definition) is 4. The molecule has 0 saturated carbocycles. The van der Waals surface area contributed by atoms with Gasteiger partial charge in [0.05, 0.1) is 5.69 Å². The van der Waals surface area contributed by atoms with Crippen LogP contribution in [-0.4, -0.2) is 58.3 Å². The lowest BCUT2D eigenvalue weighted by atomic mass is 10.1. The minimum Gasteiger partial charge on any atom is -0.323 e. The molecular weight excluding hydrogens is 386 g/mol. The highest BCUT2D eigenvalue weighted by atomic mass is 35.5. The summed E-state index contributed by atoms with van der Waals surface area (Å²) in [5, 5.41) is 3.30. The zero-order valence-corrected chi connectivity index (χ0v) is 17.1. The summed E-state index contributed by atoms with van der Waals surface area (Å²) in [6.45, 7) is 5.21. The van der Waals surface area contributed by atoms with Crippen LogP contribution in [0.1, 0.15) is 11.3 Å². The fourth-order valence-electron chi connectivity index (χ4n) is 3.49. The van der Waals surface area contributed by atoms with Crippen LogP contribution in [0.25, 0.3) is 11.7 Å². The molecule has 3 aromatic rings. The maximum absolute atomic E-state index is 12.4. The zero-order valence-electron chi connectivity index (χ0n) is 16.4. The van der Waals surface area contributed by atoms with E-state index in [0.717, 1.165) is 44.1 Å². The van der Waals surface area contributed by atoms with Crippen molar-refractivity contribution in [1.82, 2.24) is 19.2 Å². The van der Waals surface area contributed by atoms with Crippen LogP contribution in [0, 0.1) is 0 Å². The van der Waals surface area contributed by atoms with E-state index in [2.05, 4.69) is 33.2 Å². The number of rotatable bonds is 5. The van der Waals surface area contributed by atoms with Crippen LogP contribution in [0.3, 0.4) is 0 Å². The van der Waals surface area contributed by atoms with Gasteiger partial charge in [-0.15, -0.1) is 0 Å². The van der Waals surface area contributed by atoms with Crippen molar-refractivity contribution in [2.45, 2.75) is 6.54 Å². The van der Waals surface area contributed by atoms with Crippen LogP contribution in [0.4, 0.5) is 5.69 Å². The Morgan fingerprint density at radius 1 is 1.17 bits per heavy atom. The lowest BCUT2D eigenvalue weighted by Gasteiger charge is -2.32. The molecule has 0 bridgehead atoms. The van der Waals surface area contributed by atoms with Crippen molar-refractivity contribution in [2.24, 2.45) is 0 Å². The molecule has 29 heavy (non-hydrogen) atoms. The molecule has 1 amide bonds. The number of piperazine rings is 1. The number of carbonyl (C=O) groups excluding carboxylic acids is 1. The van der Waals surface area contributed by atoms with E-state index in [-0.39, 0.29) is 5.91 Å². The maximum atomic E-state index is 12.4. The van der Waals surface area contributed by atoms with E-state index in [0.29, 0.717) is 10.8 Å². The summed E-state index contributed by atoms with van der Waals surface area (Å²) in [6.07, 6.45) is 5.04. The topological polar surface area (TPSA) is 52.9 Å². The summed E-state index contributed by atoms with van der Waals surface area (Å²) < 4.78 is 1.85. The Balaban J connectivity index is 1.40. The number of imidazole rings is 1. The summed E-state index contributed by atoms with van der Waals surface area (Å²) in [5.74, 6) is -0.205. The van der Waals surface area contributed by atoms with Crippen molar-refractivity contribution >= 4 is 34.9 Å². The molecule has 1 fully saturated rings. The monoisotopic (exact) mass is 409 g/mol. The highest BCUT2D eigenvalue weighted by molar-refractivity contribution is 6.31. The second-order valence-electron chi connectivity index (χ2n) is 7.32. The highest BCUT2D eigenvalue weighted by Crippen LogP contribution is 2.19. The van der Waals surface area contributed by atoms with Crippen molar-refractivity contribution in [3.63, 3.8) is 0 Å². The predicted molar refractivity (Wildman–Crippen MR) is 117 cm³/mol. The maximum Gasteiger partial charge on any atom is 0.248 e. The summed E-state index contributed by atoms with van der Waals surface area (Å²) >= 11 is 6.21. The van der Waals surface area contributed by atoms with Crippen molar-refractivity contribution in [3.05, 3.63) is 71.1 Å². The van der Waals surface area contributed by atoms with Gasteiger partial charge >= 0.3 is 0 Å². The van der Waals surface area contributed by atoms with Crippen molar-refractivity contribution in [3.8, 4) is 0 Å². The molecule has 1 saturated heterocycles. The van der Waals surface area contributed by atoms with Gasteiger partial charge in [0.15, 0.2) is 5.15 Å². The van der Waals surface area contributed by atoms with Gasteiger partial charge in [0.25, 0.3) is 0 Å². The Kier molecular flexibility index (Phi) is 5.94. The van der Waals surface area contributed by atoms with Gasteiger partial charge in [-0.25, -0.2) is 4.98 Å². The minimum absolute atomic E-state index is 0.205. The molecule has 1 aliphatic heterocycles. The number of anilines is 1. The first-order valence-corrected chi connectivity index (χ1v) is 10.1. The Morgan fingerprint density at radius 2 is 2.00 bits per heavy atom. The molecule has 0 unspecified atom stereocenters. The van der Waals surface area contributed by atoms with Gasteiger partial charge in [-0.05, 0) is 43.0 Å². The molecule has 1 aliphatic rings. The molecule has 0 atom stereocenters. The molecule has 4 rings (SSSR count).